The van der Waals surface area contributed by atoms with E-state index in [0.717, 1.165) is 54.7 Å². The topological polar surface area (TPSA) is 117 Å². The fourth-order valence-corrected chi connectivity index (χ4v) is 4.24. The lowest BCUT2D eigenvalue weighted by molar-refractivity contribution is -0.116. The molecule has 0 aromatic carbocycles. The van der Waals surface area contributed by atoms with Crippen LogP contribution in [0.1, 0.15) is 30.9 Å². The van der Waals surface area contributed by atoms with E-state index in [9.17, 15) is 13.2 Å². The third kappa shape index (κ3) is 5.46. The van der Waals surface area contributed by atoms with Crippen LogP contribution in [-0.2, 0) is 14.8 Å². The van der Waals surface area contributed by atoms with Gasteiger partial charge in [-0.3, -0.25) is 9.78 Å². The Balaban J connectivity index is 1.53. The number of piperidine rings is 1. The van der Waals surface area contributed by atoms with Gasteiger partial charge in [0.2, 0.25) is 15.9 Å². The number of rotatable bonds is 7. The predicted molar refractivity (Wildman–Crippen MR) is 119 cm³/mol. The van der Waals surface area contributed by atoms with Crippen molar-refractivity contribution in [2.75, 3.05) is 31.2 Å². The molecule has 1 atom stereocenters. The highest BCUT2D eigenvalue weighted by Crippen LogP contribution is 2.28. The Kier molecular flexibility index (Phi) is 6.30. The lowest BCUT2D eigenvalue weighted by Gasteiger charge is -2.22. The monoisotopic (exact) mass is 442 g/mol. The Morgan fingerprint density at radius 2 is 2.19 bits per heavy atom. The van der Waals surface area contributed by atoms with Crippen molar-refractivity contribution >= 4 is 27.1 Å². The molecule has 0 aliphatic carbocycles. The second-order valence-corrected chi connectivity index (χ2v) is 9.59. The van der Waals surface area contributed by atoms with E-state index >= 15 is 0 Å². The van der Waals surface area contributed by atoms with Crippen LogP contribution in [0.5, 0.6) is 0 Å². The van der Waals surface area contributed by atoms with Crippen LogP contribution in [0.3, 0.4) is 0 Å². The molecule has 164 valence electrons. The molecule has 1 unspecified atom stereocenters. The fourth-order valence-electron chi connectivity index (χ4n) is 3.76. The summed E-state index contributed by atoms with van der Waals surface area (Å²) in [5.41, 5.74) is 4.26. The number of amides is 1. The summed E-state index contributed by atoms with van der Waals surface area (Å²) < 4.78 is 26.3. The molecule has 10 heteroatoms. The summed E-state index contributed by atoms with van der Waals surface area (Å²) in [4.78, 5) is 17.1. The summed E-state index contributed by atoms with van der Waals surface area (Å²) >= 11 is 0. The number of sulfonamides is 1. The molecule has 1 aliphatic rings. The molecule has 0 radical (unpaired) electrons. The van der Waals surface area contributed by atoms with Crippen LogP contribution in [0.2, 0.25) is 0 Å². The van der Waals surface area contributed by atoms with Gasteiger partial charge in [0.1, 0.15) is 0 Å². The van der Waals surface area contributed by atoms with Crippen LogP contribution >= 0.6 is 0 Å². The third-order valence-corrected chi connectivity index (χ3v) is 6.01. The van der Waals surface area contributed by atoms with Gasteiger partial charge in [-0.15, -0.1) is 0 Å². The van der Waals surface area contributed by atoms with Gasteiger partial charge in [0.25, 0.3) is 0 Å². The van der Waals surface area contributed by atoms with Crippen LogP contribution < -0.4 is 15.4 Å². The minimum atomic E-state index is -3.31. The molecule has 9 nitrogen and oxygen atoms in total. The summed E-state index contributed by atoms with van der Waals surface area (Å²) in [7, 11) is -3.31. The van der Waals surface area contributed by atoms with Gasteiger partial charge in [-0.1, -0.05) is 6.07 Å². The molecular weight excluding hydrogens is 416 g/mol. The smallest absolute Gasteiger partial charge is 0.225 e. The van der Waals surface area contributed by atoms with E-state index in [4.69, 9.17) is 4.98 Å². The van der Waals surface area contributed by atoms with E-state index in [1.54, 1.807) is 23.0 Å². The SMILES string of the molecule is CS(=O)(=O)NCCC(=O)Nc1ccn2ncc(-c3cccc(C4CCCNC4)n3)c2c1. The first-order chi connectivity index (χ1) is 14.9. The van der Waals surface area contributed by atoms with Gasteiger partial charge in [-0.25, -0.2) is 17.7 Å². The molecule has 4 heterocycles. The molecule has 0 bridgehead atoms. The second kappa shape index (κ2) is 9.13. The molecule has 1 amide bonds. The number of hydrogen-bond acceptors (Lipinski definition) is 6. The molecule has 1 fully saturated rings. The second-order valence-electron chi connectivity index (χ2n) is 7.76. The van der Waals surface area contributed by atoms with E-state index in [0.29, 0.717) is 11.6 Å². The van der Waals surface area contributed by atoms with Gasteiger partial charge in [0.05, 0.1) is 23.7 Å². The van der Waals surface area contributed by atoms with Gasteiger partial charge < -0.3 is 10.6 Å². The van der Waals surface area contributed by atoms with Gasteiger partial charge in [-0.05, 0) is 43.7 Å². The fraction of sp³-hybridized carbons (Fsp3) is 0.381. The van der Waals surface area contributed by atoms with Crippen molar-refractivity contribution in [3.63, 3.8) is 0 Å². The predicted octanol–water partition coefficient (Wildman–Crippen LogP) is 1.74. The maximum absolute atomic E-state index is 12.2. The lowest BCUT2D eigenvalue weighted by Crippen LogP contribution is -2.28. The average Bonchev–Trinajstić information content (AvgIpc) is 3.17. The summed E-state index contributed by atoms with van der Waals surface area (Å²) in [6.45, 7) is 2.05. The van der Waals surface area contributed by atoms with Gasteiger partial charge in [-0.2, -0.15) is 5.10 Å². The Bertz CT molecular complexity index is 1180. The summed E-state index contributed by atoms with van der Waals surface area (Å²) in [5.74, 6) is 0.136. The minimum Gasteiger partial charge on any atom is -0.326 e. The van der Waals surface area contributed by atoms with Crippen LogP contribution in [-0.4, -0.2) is 54.8 Å². The number of anilines is 1. The highest BCUT2D eigenvalue weighted by atomic mass is 32.2. The van der Waals surface area contributed by atoms with E-state index < -0.39 is 10.0 Å². The Morgan fingerprint density at radius 3 is 2.97 bits per heavy atom. The first-order valence-electron chi connectivity index (χ1n) is 10.3. The number of nitrogens with one attached hydrogen (secondary N) is 3. The van der Waals surface area contributed by atoms with Crippen LogP contribution in [0, 0.1) is 0 Å². The quantitative estimate of drug-likeness (QED) is 0.513. The number of pyridine rings is 2. The van der Waals surface area contributed by atoms with Crippen LogP contribution in [0.25, 0.3) is 16.8 Å². The molecular formula is C21H26N6O3S. The molecule has 1 aliphatic heterocycles. The maximum Gasteiger partial charge on any atom is 0.225 e. The van der Waals surface area contributed by atoms with Crippen molar-refractivity contribution in [2.45, 2.75) is 25.2 Å². The van der Waals surface area contributed by atoms with Crippen molar-refractivity contribution in [1.29, 1.82) is 0 Å². The molecule has 3 N–H and O–H groups in total. The van der Waals surface area contributed by atoms with E-state index in [-0.39, 0.29) is 18.9 Å². The molecule has 0 spiro atoms. The number of fused-ring (bicyclic) bond motifs is 1. The number of nitrogens with zero attached hydrogens (tertiary/aromatic N) is 3. The van der Waals surface area contributed by atoms with E-state index in [1.165, 1.54) is 0 Å². The standard InChI is InChI=1S/C21H26N6O3S/c1-31(29,30)24-10-7-21(28)25-16-8-11-27-20(12-16)17(14-23-27)19-6-2-5-18(26-19)15-4-3-9-22-13-15/h2,5-6,8,11-12,14-15,22,24H,3-4,7,9-10,13H2,1H3,(H,25,28). The number of carbonyl (C=O) groups is 1. The van der Waals surface area contributed by atoms with Crippen molar-refractivity contribution < 1.29 is 13.2 Å². The van der Waals surface area contributed by atoms with Gasteiger partial charge >= 0.3 is 0 Å². The molecule has 3 aromatic rings. The van der Waals surface area contributed by atoms with Crippen LogP contribution in [0.15, 0.2) is 42.7 Å². The maximum atomic E-state index is 12.2. The molecule has 0 saturated carbocycles. The van der Waals surface area contributed by atoms with Crippen molar-refractivity contribution in [3.8, 4) is 11.3 Å². The first-order valence-corrected chi connectivity index (χ1v) is 12.2. The van der Waals surface area contributed by atoms with E-state index in [2.05, 4.69) is 26.5 Å². The molecule has 1 saturated heterocycles. The Labute approximate surface area is 181 Å². The normalized spacial score (nSPS) is 17.0. The average molecular weight is 443 g/mol. The zero-order valence-corrected chi connectivity index (χ0v) is 18.2. The Morgan fingerprint density at radius 1 is 1.32 bits per heavy atom. The Hall–Kier alpha value is -2.82. The van der Waals surface area contributed by atoms with E-state index in [1.807, 2.05) is 18.2 Å². The lowest BCUT2D eigenvalue weighted by atomic mass is 9.95. The van der Waals surface area contributed by atoms with Gasteiger partial charge in [0, 0.05) is 48.6 Å². The zero-order valence-electron chi connectivity index (χ0n) is 17.3. The summed E-state index contributed by atoms with van der Waals surface area (Å²) in [6, 6.07) is 9.67. The number of carbonyl (C=O) groups excluding carboxylic acids is 1. The number of aromatic nitrogens is 3. The molecule has 4 rings (SSSR count). The summed E-state index contributed by atoms with van der Waals surface area (Å²) in [6.07, 6.45) is 6.94. The molecule has 3 aromatic heterocycles. The van der Waals surface area contributed by atoms with Crippen LogP contribution in [0.4, 0.5) is 5.69 Å². The van der Waals surface area contributed by atoms with Crippen molar-refractivity contribution in [3.05, 3.63) is 48.4 Å². The zero-order chi connectivity index (χ0) is 21.8. The molecule has 31 heavy (non-hydrogen) atoms. The first kappa shape index (κ1) is 21.4. The van der Waals surface area contributed by atoms with Crippen molar-refractivity contribution in [2.24, 2.45) is 0 Å². The highest BCUT2D eigenvalue weighted by Gasteiger charge is 2.18. The van der Waals surface area contributed by atoms with Crippen molar-refractivity contribution in [1.82, 2.24) is 24.6 Å². The largest absolute Gasteiger partial charge is 0.326 e. The number of hydrogen-bond donors (Lipinski definition) is 3. The van der Waals surface area contributed by atoms with Gasteiger partial charge in [0.15, 0.2) is 0 Å². The third-order valence-electron chi connectivity index (χ3n) is 5.28. The minimum absolute atomic E-state index is 0.0450. The summed E-state index contributed by atoms with van der Waals surface area (Å²) in [5, 5.41) is 10.6. The highest BCUT2D eigenvalue weighted by molar-refractivity contribution is 7.88.